The molecule has 0 bridgehead atoms. The molecule has 1 aromatic carbocycles. The van der Waals surface area contributed by atoms with E-state index in [0.29, 0.717) is 22.2 Å². The topological polar surface area (TPSA) is 92.0 Å². The van der Waals surface area contributed by atoms with Crippen molar-refractivity contribution >= 4 is 16.9 Å². The van der Waals surface area contributed by atoms with E-state index in [1.165, 1.54) is 6.33 Å². The first-order valence-electron chi connectivity index (χ1n) is 4.09. The summed E-state index contributed by atoms with van der Waals surface area (Å²) < 4.78 is 0. The van der Waals surface area contributed by atoms with Crippen molar-refractivity contribution in [3.8, 4) is 0 Å². The normalized spacial score (nSPS) is 10.6. The van der Waals surface area contributed by atoms with Gasteiger partial charge in [-0.3, -0.25) is 4.79 Å². The van der Waals surface area contributed by atoms with E-state index in [2.05, 4.69) is 9.97 Å². The van der Waals surface area contributed by atoms with Crippen molar-refractivity contribution in [3.63, 3.8) is 0 Å². The van der Waals surface area contributed by atoms with Crippen LogP contribution in [0, 0.1) is 0 Å². The van der Waals surface area contributed by atoms with Crippen LogP contribution in [0.25, 0.3) is 11.0 Å². The maximum Gasteiger partial charge on any atom is 0.250 e. The molecule has 72 valence electrons. The number of H-pyrrole nitrogens is 1. The van der Waals surface area contributed by atoms with E-state index in [-0.39, 0.29) is 6.61 Å². The molecule has 0 aliphatic heterocycles. The van der Waals surface area contributed by atoms with Gasteiger partial charge in [0, 0.05) is 5.56 Å². The summed E-state index contributed by atoms with van der Waals surface area (Å²) in [5.74, 6) is -0.510. The fourth-order valence-electron chi connectivity index (χ4n) is 1.42. The van der Waals surface area contributed by atoms with Crippen LogP contribution in [0.2, 0.25) is 0 Å². The summed E-state index contributed by atoms with van der Waals surface area (Å²) in [6.45, 7) is -0.111. The van der Waals surface area contributed by atoms with Gasteiger partial charge in [0.05, 0.1) is 29.5 Å². The highest BCUT2D eigenvalue weighted by atomic mass is 16.3. The van der Waals surface area contributed by atoms with Crippen LogP contribution in [0.5, 0.6) is 0 Å². The molecule has 0 fully saturated rings. The molecule has 0 saturated heterocycles. The third-order valence-corrected chi connectivity index (χ3v) is 2.10. The molecule has 2 aromatic rings. The molecule has 5 heteroatoms. The monoisotopic (exact) mass is 191 g/mol. The Hall–Kier alpha value is -1.88. The minimum Gasteiger partial charge on any atom is -0.392 e. The van der Waals surface area contributed by atoms with E-state index in [1.807, 2.05) is 0 Å². The number of benzene rings is 1. The number of amides is 1. The number of carbonyl (C=O) groups excluding carboxylic acids is 1. The van der Waals surface area contributed by atoms with Crippen LogP contribution in [0.3, 0.4) is 0 Å². The summed E-state index contributed by atoms with van der Waals surface area (Å²) in [4.78, 5) is 17.9. The second-order valence-corrected chi connectivity index (χ2v) is 2.92. The lowest BCUT2D eigenvalue weighted by Crippen LogP contribution is -2.11. The van der Waals surface area contributed by atoms with Crippen LogP contribution in [0.15, 0.2) is 18.5 Å². The molecule has 1 aromatic heterocycles. The predicted octanol–water partition coefficient (Wildman–Crippen LogP) is 0.154. The fourth-order valence-corrected chi connectivity index (χ4v) is 1.42. The summed E-state index contributed by atoms with van der Waals surface area (Å²) >= 11 is 0. The number of aliphatic hydroxyl groups excluding tert-OH is 1. The number of hydrogen-bond donors (Lipinski definition) is 3. The SMILES string of the molecule is NC(=O)c1ccc(CO)c2nc[nH]c12. The molecule has 14 heavy (non-hydrogen) atoms. The number of aromatic nitrogens is 2. The third-order valence-electron chi connectivity index (χ3n) is 2.10. The van der Waals surface area contributed by atoms with Crippen molar-refractivity contribution in [3.05, 3.63) is 29.6 Å². The predicted molar refractivity (Wildman–Crippen MR) is 50.5 cm³/mol. The average molecular weight is 191 g/mol. The van der Waals surface area contributed by atoms with Gasteiger partial charge >= 0.3 is 0 Å². The zero-order valence-electron chi connectivity index (χ0n) is 7.32. The van der Waals surface area contributed by atoms with Crippen LogP contribution in [0.4, 0.5) is 0 Å². The van der Waals surface area contributed by atoms with Crippen molar-refractivity contribution in [2.75, 3.05) is 0 Å². The Balaban J connectivity index is 2.78. The molecule has 0 atom stereocenters. The number of aromatic amines is 1. The number of hydrogen-bond acceptors (Lipinski definition) is 3. The summed E-state index contributed by atoms with van der Waals surface area (Å²) in [5, 5.41) is 9.01. The number of rotatable bonds is 2. The molecular weight excluding hydrogens is 182 g/mol. The van der Waals surface area contributed by atoms with Gasteiger partial charge in [-0.15, -0.1) is 0 Å². The van der Waals surface area contributed by atoms with E-state index in [1.54, 1.807) is 12.1 Å². The van der Waals surface area contributed by atoms with Crippen LogP contribution in [-0.2, 0) is 6.61 Å². The van der Waals surface area contributed by atoms with Gasteiger partial charge in [-0.25, -0.2) is 4.98 Å². The summed E-state index contributed by atoms with van der Waals surface area (Å²) in [6, 6.07) is 3.22. The molecule has 1 amide bonds. The Morgan fingerprint density at radius 2 is 2.36 bits per heavy atom. The molecule has 0 aliphatic rings. The largest absolute Gasteiger partial charge is 0.392 e. The quantitative estimate of drug-likeness (QED) is 0.631. The van der Waals surface area contributed by atoms with E-state index >= 15 is 0 Å². The lowest BCUT2D eigenvalue weighted by molar-refractivity contribution is 0.100. The molecular formula is C9H9N3O2. The van der Waals surface area contributed by atoms with E-state index in [9.17, 15) is 4.79 Å². The number of imidazole rings is 1. The molecule has 5 nitrogen and oxygen atoms in total. The van der Waals surface area contributed by atoms with Gasteiger partial charge in [0.25, 0.3) is 5.91 Å². The molecule has 4 N–H and O–H groups in total. The van der Waals surface area contributed by atoms with Crippen molar-refractivity contribution in [1.29, 1.82) is 0 Å². The smallest absolute Gasteiger partial charge is 0.250 e. The number of primary amides is 1. The Morgan fingerprint density at radius 1 is 1.57 bits per heavy atom. The lowest BCUT2D eigenvalue weighted by Gasteiger charge is -2.01. The summed E-state index contributed by atoms with van der Waals surface area (Å²) in [7, 11) is 0. The zero-order chi connectivity index (χ0) is 10.1. The van der Waals surface area contributed by atoms with E-state index in [4.69, 9.17) is 10.8 Å². The van der Waals surface area contributed by atoms with Crippen LogP contribution in [-0.4, -0.2) is 21.0 Å². The Morgan fingerprint density at radius 3 is 3.00 bits per heavy atom. The van der Waals surface area contributed by atoms with Gasteiger partial charge in [-0.1, -0.05) is 6.07 Å². The second kappa shape index (κ2) is 3.12. The molecule has 0 unspecified atom stereocenters. The molecule has 0 radical (unpaired) electrons. The highest BCUT2D eigenvalue weighted by molar-refractivity contribution is 6.04. The molecule has 0 spiro atoms. The summed E-state index contributed by atoms with van der Waals surface area (Å²) in [6.07, 6.45) is 1.47. The highest BCUT2D eigenvalue weighted by Gasteiger charge is 2.10. The molecule has 2 rings (SSSR count). The van der Waals surface area contributed by atoms with Crippen molar-refractivity contribution < 1.29 is 9.90 Å². The number of nitrogens with zero attached hydrogens (tertiary/aromatic N) is 1. The van der Waals surface area contributed by atoms with Crippen molar-refractivity contribution in [2.45, 2.75) is 6.61 Å². The zero-order valence-corrected chi connectivity index (χ0v) is 7.32. The van der Waals surface area contributed by atoms with Crippen LogP contribution >= 0.6 is 0 Å². The number of aliphatic hydroxyl groups is 1. The summed E-state index contributed by atoms with van der Waals surface area (Å²) in [5.41, 5.74) is 7.40. The lowest BCUT2D eigenvalue weighted by atomic mass is 10.1. The second-order valence-electron chi connectivity index (χ2n) is 2.92. The highest BCUT2D eigenvalue weighted by Crippen LogP contribution is 2.18. The van der Waals surface area contributed by atoms with Crippen molar-refractivity contribution in [2.24, 2.45) is 5.73 Å². The minimum absolute atomic E-state index is 0.111. The van der Waals surface area contributed by atoms with E-state index < -0.39 is 5.91 Å². The van der Waals surface area contributed by atoms with Crippen LogP contribution < -0.4 is 5.73 Å². The first-order valence-corrected chi connectivity index (χ1v) is 4.09. The Kier molecular flexibility index (Phi) is 1.94. The Labute approximate surface area is 79.6 Å². The molecule has 1 heterocycles. The van der Waals surface area contributed by atoms with Gasteiger partial charge in [0.15, 0.2) is 0 Å². The Bertz CT molecular complexity index is 490. The first-order chi connectivity index (χ1) is 6.74. The van der Waals surface area contributed by atoms with Gasteiger partial charge in [0.2, 0.25) is 0 Å². The average Bonchev–Trinajstić information content (AvgIpc) is 2.64. The van der Waals surface area contributed by atoms with Gasteiger partial charge in [0.1, 0.15) is 0 Å². The third kappa shape index (κ3) is 1.14. The number of nitrogens with one attached hydrogen (secondary N) is 1. The number of fused-ring (bicyclic) bond motifs is 1. The maximum absolute atomic E-state index is 11.0. The first kappa shape index (κ1) is 8.71. The maximum atomic E-state index is 11.0. The molecule has 0 saturated carbocycles. The minimum atomic E-state index is -0.510. The standard InChI is InChI=1S/C9H9N3O2/c10-9(14)6-2-1-5(3-13)7-8(6)12-4-11-7/h1-2,4,13H,3H2,(H2,10,14)(H,11,12). The molecule has 0 aliphatic carbocycles. The van der Waals surface area contributed by atoms with Gasteiger partial charge < -0.3 is 15.8 Å². The van der Waals surface area contributed by atoms with E-state index in [0.717, 1.165) is 0 Å². The fraction of sp³-hybridized carbons (Fsp3) is 0.111. The van der Waals surface area contributed by atoms with Gasteiger partial charge in [-0.05, 0) is 6.07 Å². The van der Waals surface area contributed by atoms with Crippen LogP contribution in [0.1, 0.15) is 15.9 Å². The van der Waals surface area contributed by atoms with Gasteiger partial charge in [-0.2, -0.15) is 0 Å². The number of nitrogens with two attached hydrogens (primary N) is 1. The van der Waals surface area contributed by atoms with Crippen molar-refractivity contribution in [1.82, 2.24) is 9.97 Å². The number of carbonyl (C=O) groups is 1.